The number of ether oxygens (including phenoxy) is 1. The molecule has 0 aliphatic carbocycles. The summed E-state index contributed by atoms with van der Waals surface area (Å²) in [5, 5.41) is 0. The Morgan fingerprint density at radius 1 is 0.750 bits per heavy atom. The van der Waals surface area contributed by atoms with Crippen LogP contribution in [0.25, 0.3) is 0 Å². The topological polar surface area (TPSA) is 26.3 Å². The number of hydrogen-bond donors (Lipinski definition) is 0. The summed E-state index contributed by atoms with van der Waals surface area (Å²) in [7, 11) is 0. The molecule has 0 aliphatic rings. The number of carbonyl (C=O) groups is 1. The molecule has 1 rings (SSSR count). The summed E-state index contributed by atoms with van der Waals surface area (Å²) in [5.41, 5.74) is 1.38. The van der Waals surface area contributed by atoms with Crippen molar-refractivity contribution in [2.45, 2.75) is 134 Å². The molecule has 0 fully saturated rings. The van der Waals surface area contributed by atoms with Crippen molar-refractivity contribution in [1.29, 1.82) is 0 Å². The first-order chi connectivity index (χ1) is 15.5. The van der Waals surface area contributed by atoms with Gasteiger partial charge in [-0.15, -0.1) is 0 Å². The Labute approximate surface area is 212 Å². The number of hydrogen-bond acceptors (Lipinski definition) is 2. The molecule has 0 saturated heterocycles. The third kappa shape index (κ3) is 13.2. The molecule has 1 aromatic rings. The lowest BCUT2D eigenvalue weighted by Crippen LogP contribution is -2.09. The number of rotatable bonds is 19. The lowest BCUT2D eigenvalue weighted by atomic mass is 9.90. The lowest BCUT2D eigenvalue weighted by molar-refractivity contribution is -0.134. The van der Waals surface area contributed by atoms with E-state index in [1.165, 1.54) is 82.6 Å². The second kappa shape index (κ2) is 18.8. The van der Waals surface area contributed by atoms with Crippen molar-refractivity contribution < 1.29 is 9.53 Å². The first kappa shape index (κ1) is 29.5. The van der Waals surface area contributed by atoms with Crippen molar-refractivity contribution in [1.82, 2.24) is 0 Å². The van der Waals surface area contributed by atoms with E-state index in [0.29, 0.717) is 18.1 Å². The van der Waals surface area contributed by atoms with Crippen molar-refractivity contribution in [2.24, 2.45) is 5.92 Å². The molecule has 184 valence electrons. The quantitative estimate of drug-likeness (QED) is 0.0734. The molecule has 3 heteroatoms. The zero-order valence-corrected chi connectivity index (χ0v) is 23.5. The predicted molar refractivity (Wildman–Crippen MR) is 148 cm³/mol. The monoisotopic (exact) mass is 556 g/mol. The molecule has 3 unspecified atom stereocenters. The molecule has 0 bridgehead atoms. The van der Waals surface area contributed by atoms with E-state index in [0.717, 1.165) is 22.7 Å². The van der Waals surface area contributed by atoms with Crippen LogP contribution < -0.4 is 4.74 Å². The van der Waals surface area contributed by atoms with Gasteiger partial charge < -0.3 is 4.74 Å². The molecule has 3 atom stereocenters. The molecule has 0 aromatic heterocycles. The Morgan fingerprint density at radius 3 is 2.03 bits per heavy atom. The zero-order chi connectivity index (χ0) is 23.6. The Kier molecular flexibility index (Phi) is 17.3. The minimum atomic E-state index is -0.0839. The van der Waals surface area contributed by atoms with Gasteiger partial charge in [-0.1, -0.05) is 114 Å². The van der Waals surface area contributed by atoms with Crippen LogP contribution in [0.1, 0.15) is 135 Å². The Morgan fingerprint density at radius 2 is 1.41 bits per heavy atom. The summed E-state index contributed by atoms with van der Waals surface area (Å²) in [5.74, 6) is 2.00. The van der Waals surface area contributed by atoms with E-state index in [1.54, 1.807) is 0 Å². The minimum Gasteiger partial charge on any atom is -0.427 e. The molecule has 0 saturated carbocycles. The summed E-state index contributed by atoms with van der Waals surface area (Å²) in [6, 6.07) is 8.29. The second-order valence-corrected chi connectivity index (χ2v) is 11.3. The van der Waals surface area contributed by atoms with Gasteiger partial charge >= 0.3 is 5.97 Å². The number of unbranched alkanes of at least 4 members (excludes halogenated alkanes) is 1. The van der Waals surface area contributed by atoms with Crippen molar-refractivity contribution in [2.75, 3.05) is 0 Å². The van der Waals surface area contributed by atoms with Crippen LogP contribution in [0.5, 0.6) is 5.75 Å². The van der Waals surface area contributed by atoms with Crippen LogP contribution in [0, 0.1) is 5.92 Å². The number of benzene rings is 1. The van der Waals surface area contributed by atoms with Gasteiger partial charge in [-0.25, -0.2) is 0 Å². The molecule has 0 heterocycles. The standard InChI is InChI=1S/C29H49IO2/c1-5-9-17-25(13-7-3)26-20-22-28(23-21-26)32-29(31)19-11-16-24(12-6-2)15-10-18-27(30)14-8-4/h20-25,27H,5-19H2,1-4H3. The van der Waals surface area contributed by atoms with Crippen LogP contribution in [0.2, 0.25) is 0 Å². The fraction of sp³-hybridized carbons (Fsp3) is 0.759. The largest absolute Gasteiger partial charge is 0.427 e. The maximum Gasteiger partial charge on any atom is 0.311 e. The highest BCUT2D eigenvalue weighted by molar-refractivity contribution is 14.1. The van der Waals surface area contributed by atoms with Crippen LogP contribution >= 0.6 is 22.6 Å². The normalized spacial score (nSPS) is 14.2. The van der Waals surface area contributed by atoms with Crippen molar-refractivity contribution in [3.8, 4) is 5.75 Å². The highest BCUT2D eigenvalue weighted by Crippen LogP contribution is 2.29. The van der Waals surface area contributed by atoms with Crippen LogP contribution in [-0.4, -0.2) is 9.89 Å². The maximum absolute atomic E-state index is 12.4. The molecule has 2 nitrogen and oxygen atoms in total. The minimum absolute atomic E-state index is 0.0839. The molecule has 0 N–H and O–H groups in total. The van der Waals surface area contributed by atoms with Crippen LogP contribution in [0.15, 0.2) is 24.3 Å². The van der Waals surface area contributed by atoms with Crippen LogP contribution in [0.4, 0.5) is 0 Å². The smallest absolute Gasteiger partial charge is 0.311 e. The van der Waals surface area contributed by atoms with Gasteiger partial charge in [0.1, 0.15) is 5.75 Å². The van der Waals surface area contributed by atoms with Crippen molar-refractivity contribution in [3.05, 3.63) is 29.8 Å². The van der Waals surface area contributed by atoms with Gasteiger partial charge in [0, 0.05) is 10.3 Å². The van der Waals surface area contributed by atoms with Crippen LogP contribution in [0.3, 0.4) is 0 Å². The lowest BCUT2D eigenvalue weighted by Gasteiger charge is -2.17. The summed E-state index contributed by atoms with van der Waals surface area (Å²) < 4.78 is 6.46. The van der Waals surface area contributed by atoms with Gasteiger partial charge in [0.2, 0.25) is 0 Å². The van der Waals surface area contributed by atoms with Gasteiger partial charge in [-0.05, 0) is 68.1 Å². The number of esters is 1. The summed E-state index contributed by atoms with van der Waals surface area (Å²) in [4.78, 5) is 12.4. The van der Waals surface area contributed by atoms with E-state index in [-0.39, 0.29) is 5.97 Å². The Balaban J connectivity index is 2.40. The molecule has 0 amide bonds. The third-order valence-electron chi connectivity index (χ3n) is 6.55. The van der Waals surface area contributed by atoms with E-state index in [2.05, 4.69) is 62.4 Å². The van der Waals surface area contributed by atoms with Gasteiger partial charge in [0.25, 0.3) is 0 Å². The molecule has 1 aromatic carbocycles. The highest BCUT2D eigenvalue weighted by Gasteiger charge is 2.13. The average molecular weight is 557 g/mol. The number of carbonyl (C=O) groups excluding carboxylic acids is 1. The van der Waals surface area contributed by atoms with E-state index in [1.807, 2.05) is 12.1 Å². The number of alkyl halides is 1. The van der Waals surface area contributed by atoms with Crippen LogP contribution in [-0.2, 0) is 4.79 Å². The van der Waals surface area contributed by atoms with E-state index < -0.39 is 0 Å². The summed E-state index contributed by atoms with van der Waals surface area (Å²) in [6.45, 7) is 9.06. The maximum atomic E-state index is 12.4. The molecular formula is C29H49IO2. The second-order valence-electron chi connectivity index (χ2n) is 9.53. The van der Waals surface area contributed by atoms with E-state index >= 15 is 0 Å². The molecule has 0 spiro atoms. The number of halogens is 1. The van der Waals surface area contributed by atoms with E-state index in [4.69, 9.17) is 4.74 Å². The van der Waals surface area contributed by atoms with Gasteiger partial charge in [0.05, 0.1) is 0 Å². The fourth-order valence-electron chi connectivity index (χ4n) is 4.73. The van der Waals surface area contributed by atoms with Crippen molar-refractivity contribution in [3.63, 3.8) is 0 Å². The third-order valence-corrected chi connectivity index (χ3v) is 7.79. The van der Waals surface area contributed by atoms with Gasteiger partial charge in [-0.3, -0.25) is 4.79 Å². The molecule has 0 radical (unpaired) electrons. The first-order valence-corrected chi connectivity index (χ1v) is 14.7. The van der Waals surface area contributed by atoms with E-state index in [9.17, 15) is 4.79 Å². The molecule has 32 heavy (non-hydrogen) atoms. The van der Waals surface area contributed by atoms with Gasteiger partial charge in [0.15, 0.2) is 0 Å². The first-order valence-electron chi connectivity index (χ1n) is 13.5. The SMILES string of the molecule is CCCCC(CCC)c1ccc(OC(=O)CCCC(CCC)CCCC(I)CCC)cc1. The Bertz CT molecular complexity index is 583. The van der Waals surface area contributed by atoms with Gasteiger partial charge in [-0.2, -0.15) is 0 Å². The summed E-state index contributed by atoms with van der Waals surface area (Å²) in [6.07, 6.45) is 18.0. The fourth-order valence-corrected chi connectivity index (χ4v) is 5.79. The molecule has 0 aliphatic heterocycles. The Hall–Kier alpha value is -0.580. The molecular weight excluding hydrogens is 507 g/mol. The zero-order valence-electron chi connectivity index (χ0n) is 21.3. The van der Waals surface area contributed by atoms with Crippen molar-refractivity contribution >= 4 is 28.6 Å². The average Bonchev–Trinajstić information content (AvgIpc) is 2.77. The summed E-state index contributed by atoms with van der Waals surface area (Å²) >= 11 is 2.61. The predicted octanol–water partition coefficient (Wildman–Crippen LogP) is 10.0. The highest BCUT2D eigenvalue weighted by atomic mass is 127.